The number of aliphatic carboxylic acids is 1. The first kappa shape index (κ1) is 14.8. The van der Waals surface area contributed by atoms with E-state index in [1.807, 2.05) is 0 Å². The molecule has 2 aliphatic rings. The van der Waals surface area contributed by atoms with Crippen LogP contribution in [0.3, 0.4) is 0 Å². The summed E-state index contributed by atoms with van der Waals surface area (Å²) in [6.07, 6.45) is 3.70. The third-order valence-electron chi connectivity index (χ3n) is 4.53. The van der Waals surface area contributed by atoms with Crippen LogP contribution in [0, 0.1) is 5.92 Å². The zero-order valence-electron chi connectivity index (χ0n) is 12.0. The van der Waals surface area contributed by atoms with Gasteiger partial charge in [-0.25, -0.2) is 0 Å². The maximum Gasteiger partial charge on any atom is 0.306 e. The Balaban J connectivity index is 1.56. The van der Waals surface area contributed by atoms with E-state index in [4.69, 9.17) is 5.11 Å². The molecule has 0 bridgehead atoms. The third kappa shape index (κ3) is 4.75. The Bertz CT molecular complexity index is 282. The zero-order valence-corrected chi connectivity index (χ0v) is 12.0. The Morgan fingerprint density at radius 1 is 1.16 bits per heavy atom. The topological polar surface area (TPSA) is 55.8 Å². The van der Waals surface area contributed by atoms with Crippen LogP contribution in [-0.4, -0.2) is 73.2 Å². The average molecular weight is 269 g/mol. The number of hydrogen-bond donors (Lipinski definition) is 2. The van der Waals surface area contributed by atoms with E-state index in [9.17, 15) is 4.79 Å². The number of nitrogens with one attached hydrogen (secondary N) is 1. The highest BCUT2D eigenvalue weighted by Crippen LogP contribution is 2.24. The van der Waals surface area contributed by atoms with Crippen LogP contribution < -0.4 is 5.32 Å². The van der Waals surface area contributed by atoms with Crippen LogP contribution >= 0.6 is 0 Å². The molecule has 19 heavy (non-hydrogen) atoms. The highest BCUT2D eigenvalue weighted by molar-refractivity contribution is 5.70. The molecule has 0 aromatic carbocycles. The van der Waals surface area contributed by atoms with E-state index >= 15 is 0 Å². The van der Waals surface area contributed by atoms with Crippen molar-refractivity contribution in [3.63, 3.8) is 0 Å². The van der Waals surface area contributed by atoms with Crippen molar-refractivity contribution >= 4 is 5.97 Å². The van der Waals surface area contributed by atoms with Gasteiger partial charge < -0.3 is 15.3 Å². The molecule has 5 nitrogen and oxygen atoms in total. The van der Waals surface area contributed by atoms with Crippen LogP contribution in [0.2, 0.25) is 0 Å². The molecule has 2 fully saturated rings. The molecule has 0 unspecified atom stereocenters. The van der Waals surface area contributed by atoms with Crippen molar-refractivity contribution in [2.45, 2.75) is 31.7 Å². The molecule has 0 spiro atoms. The highest BCUT2D eigenvalue weighted by Gasteiger charge is 2.25. The Kier molecular flexibility index (Phi) is 5.60. The highest BCUT2D eigenvalue weighted by atomic mass is 16.4. The van der Waals surface area contributed by atoms with Gasteiger partial charge in [0.2, 0.25) is 0 Å². The molecule has 0 atom stereocenters. The predicted octanol–water partition coefficient (Wildman–Crippen LogP) is 0.467. The SMILES string of the molecule is CN1CCN(CCNC2CCC(C(=O)O)CC2)CC1. The molecule has 110 valence electrons. The first-order valence-corrected chi connectivity index (χ1v) is 7.52. The lowest BCUT2D eigenvalue weighted by Gasteiger charge is -2.33. The van der Waals surface area contributed by atoms with Crippen molar-refractivity contribution in [1.82, 2.24) is 15.1 Å². The van der Waals surface area contributed by atoms with E-state index in [2.05, 4.69) is 22.2 Å². The number of hydrogen-bond acceptors (Lipinski definition) is 4. The second-order valence-corrected chi connectivity index (χ2v) is 5.99. The number of nitrogens with zero attached hydrogens (tertiary/aromatic N) is 2. The maximum absolute atomic E-state index is 10.9. The normalized spacial score (nSPS) is 30.4. The molecule has 1 aliphatic carbocycles. The molecule has 0 aromatic heterocycles. The van der Waals surface area contributed by atoms with Crippen molar-refractivity contribution in [2.75, 3.05) is 46.3 Å². The zero-order chi connectivity index (χ0) is 13.7. The molecular formula is C14H27N3O2. The molecule has 0 amide bonds. The van der Waals surface area contributed by atoms with Gasteiger partial charge in [-0.2, -0.15) is 0 Å². The van der Waals surface area contributed by atoms with Gasteiger partial charge in [0.1, 0.15) is 0 Å². The summed E-state index contributed by atoms with van der Waals surface area (Å²) in [6, 6.07) is 0.531. The summed E-state index contributed by atoms with van der Waals surface area (Å²) in [7, 11) is 2.18. The van der Waals surface area contributed by atoms with Crippen LogP contribution in [0.5, 0.6) is 0 Å². The first-order valence-electron chi connectivity index (χ1n) is 7.52. The fraction of sp³-hybridized carbons (Fsp3) is 0.929. The standard InChI is InChI=1S/C14H27N3O2/c1-16-8-10-17(11-9-16)7-6-15-13-4-2-12(3-5-13)14(18)19/h12-13,15H,2-11H2,1H3,(H,18,19). The second-order valence-electron chi connectivity index (χ2n) is 5.99. The largest absolute Gasteiger partial charge is 0.481 e. The van der Waals surface area contributed by atoms with Crippen LogP contribution in [0.15, 0.2) is 0 Å². The van der Waals surface area contributed by atoms with Gasteiger partial charge in [-0.3, -0.25) is 9.69 Å². The van der Waals surface area contributed by atoms with Crippen molar-refractivity contribution in [3.8, 4) is 0 Å². The smallest absolute Gasteiger partial charge is 0.306 e. The first-order chi connectivity index (χ1) is 9.15. The molecule has 5 heteroatoms. The Morgan fingerprint density at radius 2 is 1.79 bits per heavy atom. The molecule has 0 radical (unpaired) electrons. The minimum atomic E-state index is -0.615. The van der Waals surface area contributed by atoms with E-state index in [1.54, 1.807) is 0 Å². The molecular weight excluding hydrogens is 242 g/mol. The number of likely N-dealkylation sites (N-methyl/N-ethyl adjacent to an activating group) is 1. The van der Waals surface area contributed by atoms with Crippen LogP contribution in [0.1, 0.15) is 25.7 Å². The molecule has 2 rings (SSSR count). The van der Waals surface area contributed by atoms with E-state index in [0.29, 0.717) is 6.04 Å². The minimum Gasteiger partial charge on any atom is -0.481 e. The number of carboxylic acid groups (broad SMARTS) is 1. The summed E-state index contributed by atoms with van der Waals surface area (Å²) in [5.41, 5.74) is 0. The second kappa shape index (κ2) is 7.22. The van der Waals surface area contributed by atoms with Crippen LogP contribution in [0.4, 0.5) is 0 Å². The van der Waals surface area contributed by atoms with Crippen molar-refractivity contribution in [3.05, 3.63) is 0 Å². The third-order valence-corrected chi connectivity index (χ3v) is 4.53. The monoisotopic (exact) mass is 269 g/mol. The summed E-state index contributed by atoms with van der Waals surface area (Å²) < 4.78 is 0. The van der Waals surface area contributed by atoms with Crippen molar-refractivity contribution < 1.29 is 9.90 Å². The van der Waals surface area contributed by atoms with Gasteiger partial charge in [0.25, 0.3) is 0 Å². The molecule has 1 heterocycles. The van der Waals surface area contributed by atoms with Gasteiger partial charge in [-0.1, -0.05) is 0 Å². The van der Waals surface area contributed by atoms with Gasteiger partial charge in [0, 0.05) is 45.3 Å². The van der Waals surface area contributed by atoms with E-state index in [1.165, 1.54) is 26.2 Å². The summed E-state index contributed by atoms with van der Waals surface area (Å²) in [5, 5.41) is 12.6. The lowest BCUT2D eigenvalue weighted by atomic mass is 9.86. The summed E-state index contributed by atoms with van der Waals surface area (Å²) in [5.74, 6) is -0.716. The number of rotatable bonds is 5. The van der Waals surface area contributed by atoms with Gasteiger partial charge in [0.05, 0.1) is 5.92 Å². The lowest BCUT2D eigenvalue weighted by Crippen LogP contribution is -2.47. The lowest BCUT2D eigenvalue weighted by molar-refractivity contribution is -0.142. The summed E-state index contributed by atoms with van der Waals surface area (Å²) in [4.78, 5) is 15.8. The molecule has 1 saturated carbocycles. The number of carbonyl (C=O) groups is 1. The number of carboxylic acids is 1. The molecule has 1 saturated heterocycles. The van der Waals surface area contributed by atoms with Gasteiger partial charge in [-0.15, -0.1) is 0 Å². The minimum absolute atomic E-state index is 0.101. The maximum atomic E-state index is 10.9. The average Bonchev–Trinajstić information content (AvgIpc) is 2.41. The molecule has 0 aromatic rings. The van der Waals surface area contributed by atoms with Gasteiger partial charge in [0.15, 0.2) is 0 Å². The van der Waals surface area contributed by atoms with Gasteiger partial charge in [-0.05, 0) is 32.7 Å². The fourth-order valence-corrected chi connectivity index (χ4v) is 3.04. The molecule has 1 aliphatic heterocycles. The molecule has 2 N–H and O–H groups in total. The van der Waals surface area contributed by atoms with E-state index < -0.39 is 5.97 Å². The van der Waals surface area contributed by atoms with Crippen molar-refractivity contribution in [1.29, 1.82) is 0 Å². The van der Waals surface area contributed by atoms with Crippen molar-refractivity contribution in [2.24, 2.45) is 5.92 Å². The van der Waals surface area contributed by atoms with Gasteiger partial charge >= 0.3 is 5.97 Å². The Labute approximate surface area is 115 Å². The Hall–Kier alpha value is -0.650. The summed E-state index contributed by atoms with van der Waals surface area (Å²) >= 11 is 0. The fourth-order valence-electron chi connectivity index (χ4n) is 3.04. The quantitative estimate of drug-likeness (QED) is 0.760. The van der Waals surface area contributed by atoms with E-state index in [0.717, 1.165) is 38.8 Å². The summed E-state index contributed by atoms with van der Waals surface area (Å²) in [6.45, 7) is 6.83. The van der Waals surface area contributed by atoms with E-state index in [-0.39, 0.29) is 5.92 Å². The predicted molar refractivity (Wildman–Crippen MR) is 75.3 cm³/mol. The number of piperazine rings is 1. The Morgan fingerprint density at radius 3 is 2.37 bits per heavy atom. The van der Waals surface area contributed by atoms with Crippen LogP contribution in [-0.2, 0) is 4.79 Å². The van der Waals surface area contributed by atoms with Crippen LogP contribution in [0.25, 0.3) is 0 Å².